The lowest BCUT2D eigenvalue weighted by atomic mass is 10.1. The number of nitrogens with one attached hydrogen (secondary N) is 2. The number of carbonyl (C=O) groups excluding carboxylic acids is 1. The second-order valence-electron chi connectivity index (χ2n) is 8.03. The molecule has 148 valence electrons. The quantitative estimate of drug-likeness (QED) is 0.731. The normalized spacial score (nSPS) is 23.8. The van der Waals surface area contributed by atoms with Crippen LogP contribution in [0.25, 0.3) is 21.8 Å². The van der Waals surface area contributed by atoms with Crippen LogP contribution in [0, 0.1) is 0 Å². The number of quaternary nitrogens is 1. The molecule has 1 amide bonds. The van der Waals surface area contributed by atoms with Gasteiger partial charge >= 0.3 is 0 Å². The largest absolute Gasteiger partial charge is 0.364 e. The minimum Gasteiger partial charge on any atom is -0.364 e. The van der Waals surface area contributed by atoms with Crippen molar-refractivity contribution >= 4 is 33.4 Å². The summed E-state index contributed by atoms with van der Waals surface area (Å²) in [5.74, 6) is 0.0647. The molecule has 3 aromatic rings. The SMILES string of the molecule is CCn1c2ccccc2c2cc(NC(=O)[C@@H](C)[NH+]3C[C@@H](C)O[C@H](C)C3)ccc21. The Morgan fingerprint density at radius 3 is 2.54 bits per heavy atom. The van der Waals surface area contributed by atoms with Crippen molar-refractivity contribution in [2.24, 2.45) is 0 Å². The topological polar surface area (TPSA) is 47.7 Å². The Bertz CT molecular complexity index is 1000. The lowest BCUT2D eigenvalue weighted by Crippen LogP contribution is -3.19. The van der Waals surface area contributed by atoms with E-state index in [2.05, 4.69) is 67.1 Å². The Balaban J connectivity index is 1.59. The number of amides is 1. The molecule has 1 aliphatic heterocycles. The Hall–Kier alpha value is -2.37. The number of aromatic nitrogens is 1. The third-order valence-corrected chi connectivity index (χ3v) is 5.93. The molecule has 28 heavy (non-hydrogen) atoms. The second-order valence-corrected chi connectivity index (χ2v) is 8.03. The summed E-state index contributed by atoms with van der Waals surface area (Å²) in [5, 5.41) is 5.55. The monoisotopic (exact) mass is 380 g/mol. The minimum atomic E-state index is -0.110. The summed E-state index contributed by atoms with van der Waals surface area (Å²) in [6.45, 7) is 11.0. The van der Waals surface area contributed by atoms with Crippen LogP contribution in [0.2, 0.25) is 0 Å². The van der Waals surface area contributed by atoms with Crippen LogP contribution in [0.3, 0.4) is 0 Å². The molecule has 0 bridgehead atoms. The summed E-state index contributed by atoms with van der Waals surface area (Å²) in [4.78, 5) is 14.2. The number of anilines is 1. The molecule has 1 aliphatic rings. The molecule has 3 atom stereocenters. The molecule has 2 aromatic carbocycles. The van der Waals surface area contributed by atoms with Gasteiger partial charge in [0, 0.05) is 34.0 Å². The number of morpholine rings is 1. The standard InChI is InChI=1S/C23H29N3O2/c1-5-26-21-9-7-6-8-19(21)20-12-18(10-11-22(20)26)24-23(27)17(4)25-13-15(2)28-16(3)14-25/h6-12,15-17H,5,13-14H2,1-4H3,(H,24,27)/p+1/t15-,16-,17-/m1/s1. The van der Waals surface area contributed by atoms with Crippen molar-refractivity contribution in [3.05, 3.63) is 42.5 Å². The fourth-order valence-corrected chi connectivity index (χ4v) is 4.58. The molecule has 5 heteroatoms. The van der Waals surface area contributed by atoms with Crippen LogP contribution < -0.4 is 10.2 Å². The molecule has 4 rings (SSSR count). The van der Waals surface area contributed by atoms with Crippen molar-refractivity contribution in [3.63, 3.8) is 0 Å². The highest BCUT2D eigenvalue weighted by atomic mass is 16.5. The zero-order valence-electron chi connectivity index (χ0n) is 17.2. The molecule has 0 spiro atoms. The van der Waals surface area contributed by atoms with Crippen LogP contribution in [-0.2, 0) is 16.1 Å². The third kappa shape index (κ3) is 3.40. The number of fused-ring (bicyclic) bond motifs is 3. The number of rotatable bonds is 4. The number of ether oxygens (including phenoxy) is 1. The van der Waals surface area contributed by atoms with E-state index in [0.717, 1.165) is 25.3 Å². The lowest BCUT2D eigenvalue weighted by molar-refractivity contribution is -0.928. The zero-order chi connectivity index (χ0) is 19.8. The maximum atomic E-state index is 12.9. The first-order valence-electron chi connectivity index (χ1n) is 10.3. The van der Waals surface area contributed by atoms with E-state index in [-0.39, 0.29) is 24.2 Å². The van der Waals surface area contributed by atoms with Gasteiger partial charge in [0.15, 0.2) is 6.04 Å². The number of hydrogen-bond donors (Lipinski definition) is 2. The van der Waals surface area contributed by atoms with E-state index in [0.29, 0.717) is 0 Å². The molecule has 0 unspecified atom stereocenters. The molecule has 1 aromatic heterocycles. The van der Waals surface area contributed by atoms with Crippen LogP contribution >= 0.6 is 0 Å². The molecule has 1 saturated heterocycles. The van der Waals surface area contributed by atoms with Crippen molar-refractivity contribution in [2.45, 2.75) is 52.5 Å². The van der Waals surface area contributed by atoms with Gasteiger partial charge in [0.25, 0.3) is 5.91 Å². The fraction of sp³-hybridized carbons (Fsp3) is 0.435. The zero-order valence-corrected chi connectivity index (χ0v) is 17.2. The number of benzene rings is 2. The highest BCUT2D eigenvalue weighted by Crippen LogP contribution is 2.30. The average molecular weight is 381 g/mol. The van der Waals surface area contributed by atoms with Crippen molar-refractivity contribution in [1.82, 2.24) is 4.57 Å². The van der Waals surface area contributed by atoms with Gasteiger partial charge in [0.2, 0.25) is 0 Å². The second kappa shape index (κ2) is 7.57. The summed E-state index contributed by atoms with van der Waals surface area (Å²) in [6, 6.07) is 14.6. The first kappa shape index (κ1) is 19.0. The van der Waals surface area contributed by atoms with Crippen molar-refractivity contribution in [3.8, 4) is 0 Å². The fourth-order valence-electron chi connectivity index (χ4n) is 4.58. The summed E-state index contributed by atoms with van der Waals surface area (Å²) >= 11 is 0. The van der Waals surface area contributed by atoms with Crippen LogP contribution in [-0.4, -0.2) is 41.8 Å². The summed E-state index contributed by atoms with van der Waals surface area (Å²) in [7, 11) is 0. The van der Waals surface area contributed by atoms with Gasteiger partial charge in [-0.15, -0.1) is 0 Å². The predicted octanol–water partition coefficient (Wildman–Crippen LogP) is 2.83. The van der Waals surface area contributed by atoms with Gasteiger partial charge in [0.1, 0.15) is 25.3 Å². The predicted molar refractivity (Wildman–Crippen MR) is 114 cm³/mol. The minimum absolute atomic E-state index is 0.0647. The molecule has 0 radical (unpaired) electrons. The van der Waals surface area contributed by atoms with E-state index < -0.39 is 0 Å². The van der Waals surface area contributed by atoms with Crippen molar-refractivity contribution in [1.29, 1.82) is 0 Å². The van der Waals surface area contributed by atoms with Crippen LogP contribution in [0.1, 0.15) is 27.7 Å². The van der Waals surface area contributed by atoms with Crippen LogP contribution in [0.4, 0.5) is 5.69 Å². The van der Waals surface area contributed by atoms with Crippen LogP contribution in [0.15, 0.2) is 42.5 Å². The Kier molecular flexibility index (Phi) is 5.13. The van der Waals surface area contributed by atoms with Gasteiger partial charge in [-0.1, -0.05) is 18.2 Å². The molecule has 1 fully saturated rings. The van der Waals surface area contributed by atoms with Crippen molar-refractivity contribution in [2.75, 3.05) is 18.4 Å². The van der Waals surface area contributed by atoms with Gasteiger partial charge in [0.05, 0.1) is 0 Å². The number of aryl methyl sites for hydroxylation is 1. The number of para-hydroxylation sites is 1. The maximum Gasteiger partial charge on any atom is 0.282 e. The molecule has 2 heterocycles. The summed E-state index contributed by atoms with van der Waals surface area (Å²) in [6.07, 6.45) is 0.371. The Morgan fingerprint density at radius 1 is 1.14 bits per heavy atom. The van der Waals surface area contributed by atoms with Gasteiger partial charge in [-0.2, -0.15) is 0 Å². The van der Waals surface area contributed by atoms with Crippen LogP contribution in [0.5, 0.6) is 0 Å². The molecular weight excluding hydrogens is 350 g/mol. The van der Waals surface area contributed by atoms with Gasteiger partial charge in [-0.05, 0) is 52.0 Å². The molecular formula is C23H30N3O2+. The highest BCUT2D eigenvalue weighted by molar-refractivity contribution is 6.09. The Morgan fingerprint density at radius 2 is 1.82 bits per heavy atom. The van der Waals surface area contributed by atoms with E-state index in [1.807, 2.05) is 13.0 Å². The van der Waals surface area contributed by atoms with E-state index in [9.17, 15) is 4.79 Å². The lowest BCUT2D eigenvalue weighted by Gasteiger charge is -2.35. The molecule has 0 saturated carbocycles. The van der Waals surface area contributed by atoms with Gasteiger partial charge in [-0.3, -0.25) is 4.79 Å². The van der Waals surface area contributed by atoms with Crippen molar-refractivity contribution < 1.29 is 14.4 Å². The average Bonchev–Trinajstić information content (AvgIpc) is 2.99. The van der Waals surface area contributed by atoms with E-state index >= 15 is 0 Å². The summed E-state index contributed by atoms with van der Waals surface area (Å²) in [5.41, 5.74) is 3.30. The molecule has 0 aliphatic carbocycles. The Labute approximate surface area is 166 Å². The first-order chi connectivity index (χ1) is 13.5. The third-order valence-electron chi connectivity index (χ3n) is 5.93. The number of nitrogens with zero attached hydrogens (tertiary/aromatic N) is 1. The number of carbonyl (C=O) groups is 1. The van der Waals surface area contributed by atoms with Gasteiger partial charge in [-0.25, -0.2) is 0 Å². The summed E-state index contributed by atoms with van der Waals surface area (Å²) < 4.78 is 8.13. The first-order valence-corrected chi connectivity index (χ1v) is 10.3. The van der Waals surface area contributed by atoms with E-state index in [1.54, 1.807) is 0 Å². The molecule has 2 N–H and O–H groups in total. The maximum absolute atomic E-state index is 12.9. The number of hydrogen-bond acceptors (Lipinski definition) is 2. The highest BCUT2D eigenvalue weighted by Gasteiger charge is 2.33. The van der Waals surface area contributed by atoms with E-state index in [1.165, 1.54) is 26.7 Å². The molecule has 5 nitrogen and oxygen atoms in total. The van der Waals surface area contributed by atoms with E-state index in [4.69, 9.17) is 4.74 Å². The van der Waals surface area contributed by atoms with Gasteiger partial charge < -0.3 is 19.5 Å². The smallest absolute Gasteiger partial charge is 0.282 e.